The summed E-state index contributed by atoms with van der Waals surface area (Å²) >= 11 is 0. The van der Waals surface area contributed by atoms with Gasteiger partial charge in [0.05, 0.1) is 61.6 Å². The zero-order chi connectivity index (χ0) is 50.3. The molecule has 0 amide bonds. The van der Waals surface area contributed by atoms with Crippen LogP contribution in [0.15, 0.2) is 267 Å². The van der Waals surface area contributed by atoms with Crippen LogP contribution in [-0.2, 0) is 0 Å². The normalized spacial score (nSPS) is 11.8. The summed E-state index contributed by atoms with van der Waals surface area (Å²) in [4.78, 5) is 11.1. The molecule has 15 rings (SSSR count). The molecule has 5 nitrogen and oxygen atoms in total. The molecule has 0 radical (unpaired) electrons. The van der Waals surface area contributed by atoms with Crippen LogP contribution in [0.5, 0.6) is 0 Å². The van der Waals surface area contributed by atoms with Gasteiger partial charge in [0.1, 0.15) is 0 Å². The van der Waals surface area contributed by atoms with Crippen molar-refractivity contribution < 1.29 is 0 Å². The van der Waals surface area contributed by atoms with Crippen LogP contribution in [0.2, 0.25) is 0 Å². The first-order chi connectivity index (χ1) is 37.6. The molecule has 356 valence electrons. The molecule has 0 aliphatic rings. The van der Waals surface area contributed by atoms with Crippen molar-refractivity contribution >= 4 is 65.4 Å². The number of aryl methyl sites for hydroxylation is 1. The Kier molecular flexibility index (Phi) is 10.0. The Labute approximate surface area is 439 Å². The lowest BCUT2D eigenvalue weighted by molar-refractivity contribution is 1.14. The summed E-state index contributed by atoms with van der Waals surface area (Å²) in [7, 11) is 0. The molecule has 4 heterocycles. The zero-order valence-corrected chi connectivity index (χ0v) is 41.6. The smallest absolute Gasteiger partial charge is 0.160 e. The van der Waals surface area contributed by atoms with Crippen LogP contribution in [0.4, 0.5) is 0 Å². The predicted octanol–water partition coefficient (Wildman–Crippen LogP) is 18.4. The first-order valence-corrected chi connectivity index (χ1v) is 26.0. The van der Waals surface area contributed by atoms with Crippen molar-refractivity contribution in [1.82, 2.24) is 23.7 Å². The average molecular weight is 970 g/mol. The monoisotopic (exact) mass is 969 g/mol. The summed E-state index contributed by atoms with van der Waals surface area (Å²) in [6, 6.07) is 96.6. The maximum Gasteiger partial charge on any atom is 0.160 e. The molecule has 5 heteroatoms. The Morgan fingerprint density at radius 3 is 1.07 bits per heavy atom. The number of aromatic nitrogens is 5. The van der Waals surface area contributed by atoms with E-state index >= 15 is 0 Å². The molecule has 76 heavy (non-hydrogen) atoms. The molecule has 0 unspecified atom stereocenters. The fourth-order valence-electron chi connectivity index (χ4n) is 12.0. The van der Waals surface area contributed by atoms with Crippen LogP contribution in [-0.4, -0.2) is 23.7 Å². The van der Waals surface area contributed by atoms with E-state index in [1.807, 2.05) is 0 Å². The maximum atomic E-state index is 5.55. The van der Waals surface area contributed by atoms with E-state index in [0.717, 1.165) is 100 Å². The lowest BCUT2D eigenvalue weighted by atomic mass is 9.90. The summed E-state index contributed by atoms with van der Waals surface area (Å²) in [6.45, 7) is 2.19. The highest BCUT2D eigenvalue weighted by molar-refractivity contribution is 6.14. The number of hydrogen-bond donors (Lipinski definition) is 0. The van der Waals surface area contributed by atoms with E-state index < -0.39 is 0 Å². The lowest BCUT2D eigenvalue weighted by Gasteiger charge is -2.24. The number of para-hydroxylation sites is 7. The highest BCUT2D eigenvalue weighted by atomic mass is 15.0. The molecular weight excluding hydrogens is 923 g/mol. The highest BCUT2D eigenvalue weighted by Gasteiger charge is 2.27. The van der Waals surface area contributed by atoms with Crippen molar-refractivity contribution in [3.05, 3.63) is 272 Å². The van der Waals surface area contributed by atoms with Crippen molar-refractivity contribution in [1.29, 1.82) is 0 Å². The Balaban J connectivity index is 1.14. The standard InChI is InChI=1S/C71H47N5/c1-46-40-41-69-57(42-46)54-30-12-21-39-68(54)76(69)70-58(55-31-13-19-37-66(55)74-62-33-15-8-26-50(62)51-27-9-16-34-63(51)74)43-49(71-72-60(47-22-4-2-5-23-47)45-61(73-71)48-24-6-3-7-25-48)44-59(70)56-32-14-20-38-67(56)75-64-35-17-10-28-52(64)53-29-11-18-36-65(53)75/h2-45H,1H3. The third-order valence-electron chi connectivity index (χ3n) is 15.3. The van der Waals surface area contributed by atoms with Gasteiger partial charge in [0, 0.05) is 71.3 Å². The predicted molar refractivity (Wildman–Crippen MR) is 317 cm³/mol. The van der Waals surface area contributed by atoms with E-state index in [-0.39, 0.29) is 0 Å². The number of hydrogen-bond acceptors (Lipinski definition) is 2. The van der Waals surface area contributed by atoms with E-state index in [1.165, 1.54) is 37.9 Å². The highest BCUT2D eigenvalue weighted by Crippen LogP contribution is 2.48. The molecule has 15 aromatic rings. The van der Waals surface area contributed by atoms with Crippen molar-refractivity contribution in [2.24, 2.45) is 0 Å². The maximum absolute atomic E-state index is 5.55. The van der Waals surface area contributed by atoms with Crippen molar-refractivity contribution in [2.75, 3.05) is 0 Å². The van der Waals surface area contributed by atoms with Crippen molar-refractivity contribution in [3.8, 4) is 73.2 Å². The minimum Gasteiger partial charge on any atom is -0.309 e. The molecule has 4 aromatic heterocycles. The minimum atomic E-state index is 0.635. The van der Waals surface area contributed by atoms with Gasteiger partial charge in [0.15, 0.2) is 5.82 Å². The number of benzene rings is 11. The van der Waals surface area contributed by atoms with E-state index in [1.54, 1.807) is 0 Å². The van der Waals surface area contributed by atoms with Gasteiger partial charge in [-0.1, -0.05) is 200 Å². The molecule has 0 aliphatic heterocycles. The van der Waals surface area contributed by atoms with E-state index in [4.69, 9.17) is 9.97 Å². The molecule has 0 aliphatic carbocycles. The summed E-state index contributed by atoms with van der Waals surface area (Å²) in [5, 5.41) is 7.23. The zero-order valence-electron chi connectivity index (χ0n) is 41.6. The van der Waals surface area contributed by atoms with Gasteiger partial charge in [-0.3, -0.25) is 0 Å². The summed E-state index contributed by atoms with van der Waals surface area (Å²) in [5.41, 5.74) is 20.1. The Hall–Kier alpha value is -10.1. The first kappa shape index (κ1) is 43.5. The minimum absolute atomic E-state index is 0.635. The fourth-order valence-corrected chi connectivity index (χ4v) is 12.0. The van der Waals surface area contributed by atoms with E-state index in [2.05, 4.69) is 288 Å². The van der Waals surface area contributed by atoms with Crippen LogP contribution < -0.4 is 0 Å². The van der Waals surface area contributed by atoms with Crippen molar-refractivity contribution in [3.63, 3.8) is 0 Å². The lowest BCUT2D eigenvalue weighted by Crippen LogP contribution is -2.06. The molecule has 0 spiro atoms. The summed E-state index contributed by atoms with van der Waals surface area (Å²) < 4.78 is 7.44. The second kappa shape index (κ2) is 17.5. The number of fused-ring (bicyclic) bond motifs is 9. The Bertz CT molecular complexity index is 4430. The van der Waals surface area contributed by atoms with Gasteiger partial charge in [0.25, 0.3) is 0 Å². The first-order valence-electron chi connectivity index (χ1n) is 26.0. The van der Waals surface area contributed by atoms with Gasteiger partial charge in [0.2, 0.25) is 0 Å². The summed E-state index contributed by atoms with van der Waals surface area (Å²) in [5.74, 6) is 0.635. The van der Waals surface area contributed by atoms with Gasteiger partial charge < -0.3 is 13.7 Å². The largest absolute Gasteiger partial charge is 0.309 e. The van der Waals surface area contributed by atoms with Crippen LogP contribution in [0.1, 0.15) is 5.56 Å². The number of nitrogens with zero attached hydrogens (tertiary/aromatic N) is 5. The van der Waals surface area contributed by atoms with Crippen LogP contribution in [0.25, 0.3) is 139 Å². The SMILES string of the molecule is Cc1ccc2c(c1)c1ccccc1n2-c1c(-c2ccccc2-n2c3ccccc3c3ccccc32)cc(-c2nc(-c3ccccc3)cc(-c3ccccc3)n2)cc1-c1ccccc1-n1c2ccccc2c2ccccc21. The van der Waals surface area contributed by atoms with Crippen LogP contribution in [0.3, 0.4) is 0 Å². The van der Waals surface area contributed by atoms with Gasteiger partial charge in [-0.2, -0.15) is 0 Å². The second-order valence-corrected chi connectivity index (χ2v) is 19.8. The second-order valence-electron chi connectivity index (χ2n) is 19.8. The Morgan fingerprint density at radius 2 is 0.618 bits per heavy atom. The summed E-state index contributed by atoms with van der Waals surface area (Å²) in [6.07, 6.45) is 0. The van der Waals surface area contributed by atoms with Gasteiger partial charge in [-0.05, 0) is 79.7 Å². The van der Waals surface area contributed by atoms with Gasteiger partial charge in [-0.25, -0.2) is 9.97 Å². The number of rotatable bonds is 8. The average Bonchev–Trinajstić information content (AvgIpc) is 4.15. The molecule has 0 N–H and O–H groups in total. The molecule has 11 aromatic carbocycles. The third kappa shape index (κ3) is 6.87. The molecule has 0 saturated carbocycles. The molecule has 0 fully saturated rings. The molecule has 0 bridgehead atoms. The van der Waals surface area contributed by atoms with E-state index in [9.17, 15) is 0 Å². The molecule has 0 saturated heterocycles. The molecule has 0 atom stereocenters. The van der Waals surface area contributed by atoms with Crippen molar-refractivity contribution in [2.45, 2.75) is 6.92 Å². The van der Waals surface area contributed by atoms with E-state index in [0.29, 0.717) is 5.82 Å². The quantitative estimate of drug-likeness (QED) is 0.152. The Morgan fingerprint density at radius 1 is 0.263 bits per heavy atom. The fraction of sp³-hybridized carbons (Fsp3) is 0.0141. The third-order valence-corrected chi connectivity index (χ3v) is 15.3. The van der Waals surface area contributed by atoms with Crippen LogP contribution >= 0.6 is 0 Å². The van der Waals surface area contributed by atoms with Crippen LogP contribution in [0, 0.1) is 6.92 Å². The molecular formula is C71H47N5. The van der Waals surface area contributed by atoms with Gasteiger partial charge >= 0.3 is 0 Å². The van der Waals surface area contributed by atoms with Gasteiger partial charge in [-0.15, -0.1) is 0 Å². The topological polar surface area (TPSA) is 40.6 Å².